The van der Waals surface area contributed by atoms with E-state index in [0.717, 1.165) is 31.2 Å². The predicted octanol–water partition coefficient (Wildman–Crippen LogP) is 4.54. The number of nitrogens with zero attached hydrogens (tertiary/aromatic N) is 1. The summed E-state index contributed by atoms with van der Waals surface area (Å²) in [4.78, 5) is 27.3. The molecule has 0 aromatic heterocycles. The Balaban J connectivity index is 1.48. The van der Waals surface area contributed by atoms with Crippen molar-refractivity contribution in [3.63, 3.8) is 0 Å². The normalized spacial score (nSPS) is 14.8. The van der Waals surface area contributed by atoms with Crippen LogP contribution in [0.2, 0.25) is 0 Å². The summed E-state index contributed by atoms with van der Waals surface area (Å²) in [7, 11) is 3.06. The van der Waals surface area contributed by atoms with Crippen LogP contribution in [0.25, 0.3) is 0 Å². The number of hydrogen-bond donors (Lipinski definition) is 1. The zero-order chi connectivity index (χ0) is 22.2. The number of amides is 1. The van der Waals surface area contributed by atoms with E-state index in [-0.39, 0.29) is 24.5 Å². The number of likely N-dealkylation sites (tertiary alicyclic amines) is 1. The lowest BCUT2D eigenvalue weighted by Crippen LogP contribution is -2.32. The highest BCUT2D eigenvalue weighted by Gasteiger charge is 2.16. The first kappa shape index (κ1) is 22.8. The lowest BCUT2D eigenvalue weighted by atomic mass is 9.99. The summed E-state index contributed by atoms with van der Waals surface area (Å²) >= 11 is 0. The Morgan fingerprint density at radius 3 is 2.35 bits per heavy atom. The fourth-order valence-corrected chi connectivity index (χ4v) is 3.79. The molecule has 1 heterocycles. The molecule has 2 aromatic rings. The summed E-state index contributed by atoms with van der Waals surface area (Å²) in [6, 6.07) is 13.0. The fraction of sp³-hybridized carbons (Fsp3) is 0.440. The molecule has 2 aromatic carbocycles. The number of piperidine rings is 1. The van der Waals surface area contributed by atoms with Crippen molar-refractivity contribution >= 4 is 17.4 Å². The smallest absolute Gasteiger partial charge is 0.224 e. The van der Waals surface area contributed by atoms with Crippen LogP contribution >= 0.6 is 0 Å². The molecular weight excluding hydrogens is 392 g/mol. The van der Waals surface area contributed by atoms with Gasteiger partial charge >= 0.3 is 0 Å². The second kappa shape index (κ2) is 11.0. The summed E-state index contributed by atoms with van der Waals surface area (Å²) in [6.07, 6.45) is 2.74. The maximum Gasteiger partial charge on any atom is 0.224 e. The largest absolute Gasteiger partial charge is 0.497 e. The van der Waals surface area contributed by atoms with Crippen molar-refractivity contribution in [2.24, 2.45) is 5.92 Å². The minimum Gasteiger partial charge on any atom is -0.497 e. The Hall–Kier alpha value is -2.86. The van der Waals surface area contributed by atoms with Crippen molar-refractivity contribution in [3.05, 3.63) is 53.6 Å². The minimum absolute atomic E-state index is 0.111. The summed E-state index contributed by atoms with van der Waals surface area (Å²) in [5, 5.41) is 2.88. The van der Waals surface area contributed by atoms with Gasteiger partial charge in [-0.15, -0.1) is 0 Å². The highest BCUT2D eigenvalue weighted by atomic mass is 16.5. The number of methoxy groups -OCH3 is 2. The van der Waals surface area contributed by atoms with E-state index in [1.165, 1.54) is 25.5 Å². The number of ketones is 1. The number of carbonyl (C=O) groups excluding carboxylic acids is 2. The molecule has 0 bridgehead atoms. The first-order chi connectivity index (χ1) is 15.0. The number of benzene rings is 2. The molecule has 1 aliphatic heterocycles. The summed E-state index contributed by atoms with van der Waals surface area (Å²) in [5.74, 6) is 1.57. The topological polar surface area (TPSA) is 67.9 Å². The number of anilines is 1. The Bertz CT molecular complexity index is 887. The van der Waals surface area contributed by atoms with Gasteiger partial charge in [-0.2, -0.15) is 0 Å². The maximum absolute atomic E-state index is 12.5. The summed E-state index contributed by atoms with van der Waals surface area (Å²) in [5.41, 5.74) is 2.44. The van der Waals surface area contributed by atoms with E-state index in [1.807, 2.05) is 12.1 Å². The van der Waals surface area contributed by atoms with Gasteiger partial charge in [0, 0.05) is 31.1 Å². The molecule has 0 unspecified atom stereocenters. The van der Waals surface area contributed by atoms with Gasteiger partial charge in [0.2, 0.25) is 5.91 Å². The molecule has 1 fully saturated rings. The molecule has 1 aliphatic rings. The van der Waals surface area contributed by atoms with Crippen LogP contribution in [-0.4, -0.2) is 43.9 Å². The molecule has 166 valence electrons. The summed E-state index contributed by atoms with van der Waals surface area (Å²) in [6.45, 7) is 5.55. The van der Waals surface area contributed by atoms with Gasteiger partial charge in [-0.25, -0.2) is 0 Å². The van der Waals surface area contributed by atoms with Crippen molar-refractivity contribution in [1.29, 1.82) is 0 Å². The Morgan fingerprint density at radius 2 is 1.71 bits per heavy atom. The number of nitrogens with one attached hydrogen (secondary N) is 1. The molecule has 1 amide bonds. The molecule has 0 atom stereocenters. The number of ether oxygens (including phenoxy) is 2. The quantitative estimate of drug-likeness (QED) is 0.599. The highest BCUT2D eigenvalue weighted by molar-refractivity contribution is 6.01. The molecule has 0 saturated carbocycles. The SMILES string of the molecule is COc1ccc(C(=O)CCC(=O)Nc2ccc(CN3CCC(C)CC3)cc2)c(OC)c1. The van der Waals surface area contributed by atoms with Crippen LogP contribution in [0.4, 0.5) is 5.69 Å². The van der Waals surface area contributed by atoms with Crippen molar-refractivity contribution < 1.29 is 19.1 Å². The zero-order valence-electron chi connectivity index (χ0n) is 18.6. The molecular formula is C25H32N2O4. The second-order valence-corrected chi connectivity index (χ2v) is 8.19. The number of carbonyl (C=O) groups is 2. The van der Waals surface area contributed by atoms with Gasteiger partial charge in [0.1, 0.15) is 11.5 Å². The molecule has 31 heavy (non-hydrogen) atoms. The standard InChI is InChI=1S/C25H32N2O4/c1-18-12-14-27(15-13-18)17-19-4-6-20(7-5-19)26-25(29)11-10-23(28)22-9-8-21(30-2)16-24(22)31-3/h4-9,16,18H,10-15,17H2,1-3H3,(H,26,29). The molecule has 0 spiro atoms. The van der Waals surface area contributed by atoms with E-state index >= 15 is 0 Å². The van der Waals surface area contributed by atoms with E-state index < -0.39 is 0 Å². The number of rotatable bonds is 9. The van der Waals surface area contributed by atoms with Gasteiger partial charge in [0.25, 0.3) is 0 Å². The van der Waals surface area contributed by atoms with Crippen molar-refractivity contribution in [1.82, 2.24) is 4.90 Å². The van der Waals surface area contributed by atoms with E-state index in [0.29, 0.717) is 17.1 Å². The third kappa shape index (κ3) is 6.56. The Kier molecular flexibility index (Phi) is 8.06. The Labute approximate surface area is 184 Å². The average molecular weight is 425 g/mol. The van der Waals surface area contributed by atoms with Crippen molar-refractivity contribution in [2.75, 3.05) is 32.6 Å². The molecule has 1 saturated heterocycles. The number of Topliss-reactive ketones (excluding diaryl/α,β-unsaturated/α-hetero) is 1. The molecule has 1 N–H and O–H groups in total. The van der Waals surface area contributed by atoms with Crippen molar-refractivity contribution in [2.45, 2.75) is 39.2 Å². The van der Waals surface area contributed by atoms with Crippen LogP contribution in [0.3, 0.4) is 0 Å². The van der Waals surface area contributed by atoms with E-state index in [1.54, 1.807) is 25.3 Å². The molecule has 0 aliphatic carbocycles. The van der Waals surface area contributed by atoms with E-state index in [4.69, 9.17) is 9.47 Å². The first-order valence-corrected chi connectivity index (χ1v) is 10.8. The van der Waals surface area contributed by atoms with Gasteiger partial charge in [0.15, 0.2) is 5.78 Å². The molecule has 3 rings (SSSR count). The molecule has 0 radical (unpaired) electrons. The Morgan fingerprint density at radius 1 is 1.00 bits per heavy atom. The third-order valence-corrected chi connectivity index (χ3v) is 5.81. The monoisotopic (exact) mass is 424 g/mol. The van der Waals surface area contributed by atoms with E-state index in [2.05, 4.69) is 29.3 Å². The van der Waals surface area contributed by atoms with Crippen LogP contribution in [0.15, 0.2) is 42.5 Å². The summed E-state index contributed by atoms with van der Waals surface area (Å²) < 4.78 is 10.4. The highest BCUT2D eigenvalue weighted by Crippen LogP contribution is 2.26. The average Bonchev–Trinajstić information content (AvgIpc) is 2.79. The fourth-order valence-electron chi connectivity index (χ4n) is 3.79. The second-order valence-electron chi connectivity index (χ2n) is 8.19. The number of hydrogen-bond acceptors (Lipinski definition) is 5. The van der Waals surface area contributed by atoms with Gasteiger partial charge in [-0.3, -0.25) is 14.5 Å². The van der Waals surface area contributed by atoms with Crippen molar-refractivity contribution in [3.8, 4) is 11.5 Å². The van der Waals surface area contributed by atoms with Gasteiger partial charge in [0.05, 0.1) is 19.8 Å². The van der Waals surface area contributed by atoms with Crippen LogP contribution < -0.4 is 14.8 Å². The van der Waals surface area contributed by atoms with Crippen LogP contribution in [0.1, 0.15) is 48.5 Å². The lowest BCUT2D eigenvalue weighted by molar-refractivity contribution is -0.116. The van der Waals surface area contributed by atoms with Crippen LogP contribution in [0.5, 0.6) is 11.5 Å². The minimum atomic E-state index is -0.182. The van der Waals surface area contributed by atoms with Crippen LogP contribution in [-0.2, 0) is 11.3 Å². The molecule has 6 heteroatoms. The van der Waals surface area contributed by atoms with E-state index in [9.17, 15) is 9.59 Å². The molecule has 6 nitrogen and oxygen atoms in total. The zero-order valence-corrected chi connectivity index (χ0v) is 18.6. The first-order valence-electron chi connectivity index (χ1n) is 10.8. The van der Waals surface area contributed by atoms with Gasteiger partial charge in [-0.1, -0.05) is 19.1 Å². The predicted molar refractivity (Wildman–Crippen MR) is 122 cm³/mol. The van der Waals surface area contributed by atoms with Gasteiger partial charge in [-0.05, 0) is 61.7 Å². The van der Waals surface area contributed by atoms with Gasteiger partial charge < -0.3 is 14.8 Å². The lowest BCUT2D eigenvalue weighted by Gasteiger charge is -2.30. The van der Waals surface area contributed by atoms with Crippen LogP contribution in [0, 0.1) is 5.92 Å². The maximum atomic E-state index is 12.5. The third-order valence-electron chi connectivity index (χ3n) is 5.81.